The first kappa shape index (κ1) is 18.3. The van der Waals surface area contributed by atoms with Crippen LogP contribution in [0.2, 0.25) is 15.2 Å². The number of amides is 1. The van der Waals surface area contributed by atoms with Crippen molar-refractivity contribution in [3.8, 4) is 0 Å². The summed E-state index contributed by atoms with van der Waals surface area (Å²) in [4.78, 5) is 30.1. The van der Waals surface area contributed by atoms with Gasteiger partial charge < -0.3 is 15.0 Å². The predicted molar refractivity (Wildman–Crippen MR) is 99.3 cm³/mol. The minimum absolute atomic E-state index is 0.0473. The lowest BCUT2D eigenvalue weighted by Gasteiger charge is -2.17. The summed E-state index contributed by atoms with van der Waals surface area (Å²) in [6.45, 7) is 0.525. The van der Waals surface area contributed by atoms with Crippen LogP contribution in [0, 0.1) is 0 Å². The maximum absolute atomic E-state index is 12.6. The number of carbonyl (C=O) groups excluding carboxylic acids is 2. The quantitative estimate of drug-likeness (QED) is 0.754. The maximum atomic E-state index is 12.6. The van der Waals surface area contributed by atoms with Crippen molar-refractivity contribution >= 4 is 68.8 Å². The summed E-state index contributed by atoms with van der Waals surface area (Å²) in [6, 6.07) is 4.57. The molecular weight excluding hydrogens is 409 g/mol. The number of anilines is 2. The fraction of sp³-hybridized carbons (Fsp3) is 0.267. The molecule has 0 bridgehead atoms. The van der Waals surface area contributed by atoms with Crippen LogP contribution in [0.4, 0.5) is 10.8 Å². The number of thiazole rings is 1. The van der Waals surface area contributed by atoms with Crippen molar-refractivity contribution in [1.82, 2.24) is 4.98 Å². The van der Waals surface area contributed by atoms with Crippen molar-refractivity contribution in [2.24, 2.45) is 0 Å². The van der Waals surface area contributed by atoms with Crippen LogP contribution in [-0.2, 0) is 9.53 Å². The van der Waals surface area contributed by atoms with E-state index in [0.717, 1.165) is 11.3 Å². The zero-order valence-electron chi connectivity index (χ0n) is 12.9. The van der Waals surface area contributed by atoms with Gasteiger partial charge in [0.15, 0.2) is 15.2 Å². The minimum Gasteiger partial charge on any atom is -0.465 e. The van der Waals surface area contributed by atoms with Crippen LogP contribution < -0.4 is 10.2 Å². The Balaban J connectivity index is 1.74. The van der Waals surface area contributed by atoms with Gasteiger partial charge in [-0.2, -0.15) is 0 Å². The Morgan fingerprint density at radius 3 is 2.80 bits per heavy atom. The molecule has 1 saturated heterocycles. The standard InChI is InChI=1S/C15H12Cl3N3O3S/c1-24-14(23)11-12(18)20-15(25-11)19-10-4-5-21(13(10)22)7-2-3-8(16)9(17)6-7/h2-3,6,10H,4-5H2,1H3,(H,19,20). The highest BCUT2D eigenvalue weighted by atomic mass is 35.5. The van der Waals surface area contributed by atoms with E-state index < -0.39 is 12.0 Å². The molecule has 2 heterocycles. The molecule has 1 aromatic carbocycles. The fourth-order valence-corrected chi connectivity index (χ4v) is 3.90. The summed E-state index contributed by atoms with van der Waals surface area (Å²) in [5.74, 6) is -0.685. The van der Waals surface area contributed by atoms with E-state index in [2.05, 4.69) is 15.0 Å². The highest BCUT2D eigenvalue weighted by Crippen LogP contribution is 2.32. The summed E-state index contributed by atoms with van der Waals surface area (Å²) in [6.07, 6.45) is 0.573. The van der Waals surface area contributed by atoms with Crippen LogP contribution in [-0.4, -0.2) is 36.6 Å². The van der Waals surface area contributed by atoms with Crippen LogP contribution in [0.15, 0.2) is 18.2 Å². The number of aromatic nitrogens is 1. The molecule has 10 heteroatoms. The van der Waals surface area contributed by atoms with E-state index in [1.165, 1.54) is 7.11 Å². The van der Waals surface area contributed by atoms with Crippen molar-refractivity contribution in [1.29, 1.82) is 0 Å². The fourth-order valence-electron chi connectivity index (χ4n) is 2.45. The summed E-state index contributed by atoms with van der Waals surface area (Å²) in [5, 5.41) is 4.27. The van der Waals surface area contributed by atoms with E-state index >= 15 is 0 Å². The maximum Gasteiger partial charge on any atom is 0.351 e. The third kappa shape index (κ3) is 3.69. The van der Waals surface area contributed by atoms with Gasteiger partial charge in [0.1, 0.15) is 6.04 Å². The van der Waals surface area contributed by atoms with Crippen molar-refractivity contribution in [3.63, 3.8) is 0 Å². The topological polar surface area (TPSA) is 71.5 Å². The monoisotopic (exact) mass is 419 g/mol. The second-order valence-corrected chi connectivity index (χ2v) is 7.38. The summed E-state index contributed by atoms with van der Waals surface area (Å²) >= 11 is 18.9. The van der Waals surface area contributed by atoms with Gasteiger partial charge in [0.25, 0.3) is 0 Å². The Hall–Kier alpha value is -1.54. The number of nitrogens with zero attached hydrogens (tertiary/aromatic N) is 2. The Kier molecular flexibility index (Phi) is 5.38. The second-order valence-electron chi connectivity index (χ2n) is 5.20. The van der Waals surface area contributed by atoms with Gasteiger partial charge in [-0.1, -0.05) is 46.1 Å². The number of carbonyl (C=O) groups is 2. The summed E-state index contributed by atoms with van der Waals surface area (Å²) < 4.78 is 4.64. The van der Waals surface area contributed by atoms with Gasteiger partial charge >= 0.3 is 5.97 Å². The van der Waals surface area contributed by atoms with Crippen molar-refractivity contribution < 1.29 is 14.3 Å². The number of methoxy groups -OCH3 is 1. The molecule has 1 N–H and O–H groups in total. The van der Waals surface area contributed by atoms with E-state index in [4.69, 9.17) is 34.8 Å². The van der Waals surface area contributed by atoms with Gasteiger partial charge in [-0.25, -0.2) is 9.78 Å². The summed E-state index contributed by atoms with van der Waals surface area (Å²) in [7, 11) is 1.26. The van der Waals surface area contributed by atoms with Gasteiger partial charge in [-0.05, 0) is 24.6 Å². The number of hydrogen-bond acceptors (Lipinski definition) is 6. The van der Waals surface area contributed by atoms with Crippen molar-refractivity contribution in [3.05, 3.63) is 38.3 Å². The number of benzene rings is 1. The average molecular weight is 421 g/mol. The van der Waals surface area contributed by atoms with Crippen LogP contribution >= 0.6 is 46.1 Å². The van der Waals surface area contributed by atoms with Gasteiger partial charge in [-0.15, -0.1) is 0 Å². The molecule has 1 aliphatic heterocycles. The molecule has 3 rings (SSSR count). The first-order chi connectivity index (χ1) is 11.9. The SMILES string of the molecule is COC(=O)c1sc(NC2CCN(c3ccc(Cl)c(Cl)c3)C2=O)nc1Cl. The first-order valence-electron chi connectivity index (χ1n) is 7.18. The van der Waals surface area contributed by atoms with Crippen LogP contribution in [0.25, 0.3) is 0 Å². The highest BCUT2D eigenvalue weighted by molar-refractivity contribution is 7.18. The molecule has 2 aromatic rings. The third-order valence-electron chi connectivity index (χ3n) is 3.67. The Morgan fingerprint density at radius 2 is 2.12 bits per heavy atom. The molecule has 0 saturated carbocycles. The highest BCUT2D eigenvalue weighted by Gasteiger charge is 2.33. The average Bonchev–Trinajstić information content (AvgIpc) is 3.13. The van der Waals surface area contributed by atoms with Crippen molar-refractivity contribution in [2.75, 3.05) is 23.9 Å². The lowest BCUT2D eigenvalue weighted by Crippen LogP contribution is -2.33. The summed E-state index contributed by atoms with van der Waals surface area (Å²) in [5.41, 5.74) is 0.677. The van der Waals surface area contributed by atoms with Gasteiger partial charge in [-0.3, -0.25) is 4.79 Å². The van der Waals surface area contributed by atoms with Crippen LogP contribution in [0.3, 0.4) is 0 Å². The molecule has 1 fully saturated rings. The lowest BCUT2D eigenvalue weighted by molar-refractivity contribution is -0.117. The number of halogens is 3. The second kappa shape index (κ2) is 7.37. The molecule has 25 heavy (non-hydrogen) atoms. The molecule has 0 radical (unpaired) electrons. The predicted octanol–water partition coefficient (Wildman–Crippen LogP) is 4.11. The smallest absolute Gasteiger partial charge is 0.351 e. The number of rotatable bonds is 4. The van der Waals surface area contributed by atoms with E-state index in [1.54, 1.807) is 23.1 Å². The molecule has 1 aliphatic rings. The van der Waals surface area contributed by atoms with Crippen LogP contribution in [0.5, 0.6) is 0 Å². The Morgan fingerprint density at radius 1 is 1.36 bits per heavy atom. The molecule has 1 aromatic heterocycles. The molecule has 1 amide bonds. The Bertz CT molecular complexity index is 843. The number of nitrogens with one attached hydrogen (secondary N) is 1. The van der Waals surface area contributed by atoms with E-state index in [9.17, 15) is 9.59 Å². The third-order valence-corrected chi connectivity index (χ3v) is 5.77. The molecule has 6 nitrogen and oxygen atoms in total. The molecule has 0 aliphatic carbocycles. The Labute approximate surface area is 162 Å². The molecule has 0 spiro atoms. The largest absolute Gasteiger partial charge is 0.465 e. The number of esters is 1. The van der Waals surface area contributed by atoms with Gasteiger partial charge in [0.2, 0.25) is 5.91 Å². The van der Waals surface area contributed by atoms with E-state index in [-0.39, 0.29) is 15.9 Å². The van der Waals surface area contributed by atoms with E-state index in [1.807, 2.05) is 0 Å². The molecule has 1 unspecified atom stereocenters. The van der Waals surface area contributed by atoms with Gasteiger partial charge in [0.05, 0.1) is 17.2 Å². The van der Waals surface area contributed by atoms with Gasteiger partial charge in [0, 0.05) is 12.2 Å². The number of ether oxygens (including phenoxy) is 1. The minimum atomic E-state index is -0.564. The molecule has 132 valence electrons. The number of hydrogen-bond donors (Lipinski definition) is 1. The molecular formula is C15H12Cl3N3O3S. The van der Waals surface area contributed by atoms with Crippen LogP contribution in [0.1, 0.15) is 16.1 Å². The van der Waals surface area contributed by atoms with Crippen molar-refractivity contribution in [2.45, 2.75) is 12.5 Å². The molecule has 1 atom stereocenters. The van der Waals surface area contributed by atoms with E-state index in [0.29, 0.717) is 33.8 Å². The lowest BCUT2D eigenvalue weighted by atomic mass is 10.2. The zero-order chi connectivity index (χ0) is 18.1. The normalized spacial score (nSPS) is 17.0. The zero-order valence-corrected chi connectivity index (χ0v) is 16.0. The first-order valence-corrected chi connectivity index (χ1v) is 9.13.